The minimum atomic E-state index is 0.0831. The van der Waals surface area contributed by atoms with Crippen molar-refractivity contribution in [2.24, 2.45) is 5.73 Å². The molecular weight excluding hydrogens is 222 g/mol. The molecule has 0 aliphatic heterocycles. The molecule has 0 saturated heterocycles. The summed E-state index contributed by atoms with van der Waals surface area (Å²) in [4.78, 5) is 0. The van der Waals surface area contributed by atoms with Gasteiger partial charge in [-0.15, -0.1) is 0 Å². The summed E-state index contributed by atoms with van der Waals surface area (Å²) in [5, 5.41) is 10.3. The summed E-state index contributed by atoms with van der Waals surface area (Å²) in [7, 11) is 0. The highest BCUT2D eigenvalue weighted by atomic mass is 16.3. The van der Waals surface area contributed by atoms with E-state index in [2.05, 4.69) is 6.07 Å². The fourth-order valence-electron chi connectivity index (χ4n) is 3.74. The SMILES string of the molecule is NCC1(c2c(O)ccc3c2CCCCC3)CCC1. The summed E-state index contributed by atoms with van der Waals surface area (Å²) in [6, 6.07) is 4.03. The van der Waals surface area contributed by atoms with E-state index in [4.69, 9.17) is 5.73 Å². The maximum Gasteiger partial charge on any atom is 0.119 e. The average Bonchev–Trinajstić information content (AvgIpc) is 2.56. The van der Waals surface area contributed by atoms with Crippen molar-refractivity contribution in [2.75, 3.05) is 6.54 Å². The van der Waals surface area contributed by atoms with Gasteiger partial charge in [-0.1, -0.05) is 18.9 Å². The van der Waals surface area contributed by atoms with Gasteiger partial charge in [0, 0.05) is 17.5 Å². The van der Waals surface area contributed by atoms with Crippen molar-refractivity contribution < 1.29 is 5.11 Å². The topological polar surface area (TPSA) is 46.2 Å². The molecular formula is C16H23NO. The molecule has 2 heteroatoms. The van der Waals surface area contributed by atoms with Gasteiger partial charge in [-0.25, -0.2) is 0 Å². The highest BCUT2D eigenvalue weighted by Gasteiger charge is 2.41. The Morgan fingerprint density at radius 1 is 1.06 bits per heavy atom. The molecule has 0 atom stereocenters. The van der Waals surface area contributed by atoms with E-state index < -0.39 is 0 Å². The highest BCUT2D eigenvalue weighted by molar-refractivity contribution is 5.51. The Balaban J connectivity index is 2.12. The number of aryl methyl sites for hydroxylation is 1. The van der Waals surface area contributed by atoms with Crippen LogP contribution in [0.5, 0.6) is 5.75 Å². The fraction of sp³-hybridized carbons (Fsp3) is 0.625. The van der Waals surface area contributed by atoms with Crippen molar-refractivity contribution in [1.29, 1.82) is 0 Å². The molecule has 3 rings (SSSR count). The number of rotatable bonds is 2. The van der Waals surface area contributed by atoms with Gasteiger partial charge < -0.3 is 10.8 Å². The van der Waals surface area contributed by atoms with Crippen LogP contribution < -0.4 is 5.73 Å². The van der Waals surface area contributed by atoms with Crippen molar-refractivity contribution in [3.05, 3.63) is 28.8 Å². The van der Waals surface area contributed by atoms with Crippen LogP contribution in [0, 0.1) is 0 Å². The number of hydrogen-bond donors (Lipinski definition) is 2. The van der Waals surface area contributed by atoms with Crippen molar-refractivity contribution >= 4 is 0 Å². The molecule has 98 valence electrons. The lowest BCUT2D eigenvalue weighted by Crippen LogP contribution is -2.42. The van der Waals surface area contributed by atoms with Crippen molar-refractivity contribution in [2.45, 2.75) is 56.8 Å². The van der Waals surface area contributed by atoms with Crippen LogP contribution in [0.1, 0.15) is 55.2 Å². The molecule has 0 unspecified atom stereocenters. The molecule has 0 bridgehead atoms. The Morgan fingerprint density at radius 3 is 2.50 bits per heavy atom. The summed E-state index contributed by atoms with van der Waals surface area (Å²) in [6.45, 7) is 0.678. The minimum absolute atomic E-state index is 0.0831. The van der Waals surface area contributed by atoms with Gasteiger partial charge in [-0.2, -0.15) is 0 Å². The number of benzene rings is 1. The van der Waals surface area contributed by atoms with Crippen LogP contribution in [0.4, 0.5) is 0 Å². The van der Waals surface area contributed by atoms with Crippen molar-refractivity contribution in [1.82, 2.24) is 0 Å². The Kier molecular flexibility index (Phi) is 3.06. The van der Waals surface area contributed by atoms with Crippen LogP contribution in [-0.4, -0.2) is 11.7 Å². The summed E-state index contributed by atoms with van der Waals surface area (Å²) in [5.74, 6) is 0.487. The molecule has 2 aliphatic rings. The van der Waals surface area contributed by atoms with Crippen molar-refractivity contribution in [3.8, 4) is 5.75 Å². The Bertz CT molecular complexity index is 443. The quantitative estimate of drug-likeness (QED) is 0.787. The van der Waals surface area contributed by atoms with E-state index in [1.165, 1.54) is 48.8 Å². The van der Waals surface area contributed by atoms with Crippen LogP contribution >= 0.6 is 0 Å². The number of fused-ring (bicyclic) bond motifs is 1. The van der Waals surface area contributed by atoms with E-state index in [0.29, 0.717) is 12.3 Å². The van der Waals surface area contributed by atoms with Crippen LogP contribution in [0.2, 0.25) is 0 Å². The van der Waals surface area contributed by atoms with E-state index in [-0.39, 0.29) is 5.41 Å². The van der Waals surface area contributed by atoms with Crippen LogP contribution in [0.3, 0.4) is 0 Å². The normalized spacial score (nSPS) is 21.8. The summed E-state index contributed by atoms with van der Waals surface area (Å²) >= 11 is 0. The van der Waals surface area contributed by atoms with Crippen LogP contribution in [0.25, 0.3) is 0 Å². The smallest absolute Gasteiger partial charge is 0.119 e. The largest absolute Gasteiger partial charge is 0.508 e. The lowest BCUT2D eigenvalue weighted by molar-refractivity contribution is 0.243. The predicted octanol–water partition coefficient (Wildman–Crippen LogP) is 3.04. The zero-order chi connectivity index (χ0) is 12.6. The minimum Gasteiger partial charge on any atom is -0.508 e. The third-order valence-corrected chi connectivity index (χ3v) is 4.99. The highest BCUT2D eigenvalue weighted by Crippen LogP contribution is 2.49. The number of aromatic hydroxyl groups is 1. The van der Waals surface area contributed by atoms with E-state index in [1.54, 1.807) is 0 Å². The number of phenolic OH excluding ortho intramolecular Hbond substituents is 1. The monoisotopic (exact) mass is 245 g/mol. The fourth-order valence-corrected chi connectivity index (χ4v) is 3.74. The first kappa shape index (κ1) is 12.0. The van der Waals surface area contributed by atoms with Gasteiger partial charge in [-0.05, 0) is 55.7 Å². The second kappa shape index (κ2) is 4.58. The zero-order valence-electron chi connectivity index (χ0n) is 11.0. The second-order valence-electron chi connectivity index (χ2n) is 6.00. The first-order valence-corrected chi connectivity index (χ1v) is 7.31. The Hall–Kier alpha value is -1.02. The third-order valence-electron chi connectivity index (χ3n) is 4.99. The summed E-state index contributed by atoms with van der Waals surface area (Å²) in [5.41, 5.74) is 10.2. The van der Waals surface area contributed by atoms with Gasteiger partial charge in [0.05, 0.1) is 0 Å². The third kappa shape index (κ3) is 1.74. The van der Waals surface area contributed by atoms with Crippen LogP contribution in [0.15, 0.2) is 12.1 Å². The number of phenols is 1. The standard InChI is InChI=1S/C16H23NO/c17-11-16(9-4-10-16)15-13-6-3-1-2-5-12(13)7-8-14(15)18/h7-8,18H,1-6,9-11,17H2. The lowest BCUT2D eigenvalue weighted by Gasteiger charge is -2.43. The average molecular weight is 245 g/mol. The van der Waals surface area contributed by atoms with Crippen molar-refractivity contribution in [3.63, 3.8) is 0 Å². The van der Waals surface area contributed by atoms with Gasteiger partial charge in [-0.3, -0.25) is 0 Å². The van der Waals surface area contributed by atoms with Gasteiger partial charge in [0.1, 0.15) is 5.75 Å². The summed E-state index contributed by atoms with van der Waals surface area (Å²) in [6.07, 6.45) is 9.69. The maximum atomic E-state index is 10.3. The molecule has 3 N–H and O–H groups in total. The lowest BCUT2D eigenvalue weighted by atomic mass is 9.62. The molecule has 0 aromatic heterocycles. The molecule has 0 amide bonds. The number of hydrogen-bond acceptors (Lipinski definition) is 2. The summed E-state index contributed by atoms with van der Waals surface area (Å²) < 4.78 is 0. The molecule has 2 aliphatic carbocycles. The van der Waals surface area contributed by atoms with E-state index in [0.717, 1.165) is 19.3 Å². The second-order valence-corrected chi connectivity index (χ2v) is 6.00. The van der Waals surface area contributed by atoms with Crippen LogP contribution in [-0.2, 0) is 18.3 Å². The molecule has 0 spiro atoms. The predicted molar refractivity (Wildman–Crippen MR) is 73.9 cm³/mol. The molecule has 2 nitrogen and oxygen atoms in total. The number of nitrogens with two attached hydrogens (primary N) is 1. The molecule has 1 saturated carbocycles. The molecule has 1 aromatic rings. The van der Waals surface area contributed by atoms with Gasteiger partial charge in [0.2, 0.25) is 0 Å². The van der Waals surface area contributed by atoms with Gasteiger partial charge in [0.15, 0.2) is 0 Å². The van der Waals surface area contributed by atoms with Gasteiger partial charge in [0.25, 0.3) is 0 Å². The molecule has 0 radical (unpaired) electrons. The molecule has 18 heavy (non-hydrogen) atoms. The maximum absolute atomic E-state index is 10.3. The molecule has 1 fully saturated rings. The Labute approximate surface area is 109 Å². The Morgan fingerprint density at radius 2 is 1.83 bits per heavy atom. The van der Waals surface area contributed by atoms with E-state index in [9.17, 15) is 5.11 Å². The molecule has 1 aromatic carbocycles. The molecule has 0 heterocycles. The first-order valence-electron chi connectivity index (χ1n) is 7.31. The van der Waals surface area contributed by atoms with E-state index in [1.807, 2.05) is 6.07 Å². The zero-order valence-corrected chi connectivity index (χ0v) is 11.0. The first-order chi connectivity index (χ1) is 8.77. The van der Waals surface area contributed by atoms with Gasteiger partial charge >= 0.3 is 0 Å². The van der Waals surface area contributed by atoms with E-state index >= 15 is 0 Å².